The summed E-state index contributed by atoms with van der Waals surface area (Å²) in [6.45, 7) is 0. The van der Waals surface area contributed by atoms with E-state index in [-0.39, 0.29) is 0 Å². The Balaban J connectivity index is 1.90. The van der Waals surface area contributed by atoms with E-state index in [1.165, 1.54) is 40.3 Å². The summed E-state index contributed by atoms with van der Waals surface area (Å²) >= 11 is 7.91. The molecule has 2 saturated carbocycles. The number of hydrogen-bond acceptors (Lipinski definition) is 1. The molecule has 4 rings (SSSR count). The Labute approximate surface area is 125 Å². The first kappa shape index (κ1) is 11.5. The summed E-state index contributed by atoms with van der Waals surface area (Å²) in [6, 6.07) is 7.23. The molecule has 4 heteroatoms. The number of halogens is 1. The molecule has 1 aromatic carbocycles. The molecule has 18 heavy (non-hydrogen) atoms. The Morgan fingerprint density at radius 2 is 2.17 bits per heavy atom. The summed E-state index contributed by atoms with van der Waals surface area (Å²) in [6.07, 6.45) is 5.59. The molecule has 2 bridgehead atoms. The van der Waals surface area contributed by atoms with Crippen LogP contribution in [0.5, 0.6) is 0 Å². The minimum absolute atomic E-state index is 0.644. The van der Waals surface area contributed by atoms with Gasteiger partial charge in [0.15, 0.2) is 4.77 Å². The molecule has 2 aromatic rings. The topological polar surface area (TPSA) is 20.7 Å². The molecule has 3 unspecified atom stereocenters. The number of imidazole rings is 1. The van der Waals surface area contributed by atoms with Crippen molar-refractivity contribution in [3.63, 3.8) is 0 Å². The van der Waals surface area contributed by atoms with Gasteiger partial charge in [0.1, 0.15) is 0 Å². The highest BCUT2D eigenvalue weighted by molar-refractivity contribution is 14.1. The van der Waals surface area contributed by atoms with Crippen LogP contribution in [-0.2, 0) is 0 Å². The van der Waals surface area contributed by atoms with Gasteiger partial charge in [0.2, 0.25) is 0 Å². The van der Waals surface area contributed by atoms with Crippen molar-refractivity contribution in [1.82, 2.24) is 9.55 Å². The van der Waals surface area contributed by atoms with Gasteiger partial charge < -0.3 is 9.55 Å². The molecule has 2 aliphatic rings. The van der Waals surface area contributed by atoms with E-state index >= 15 is 0 Å². The molecular formula is C14H15IN2S. The zero-order valence-electron chi connectivity index (χ0n) is 10.0. The molecule has 3 atom stereocenters. The number of nitrogens with zero attached hydrogens (tertiary/aromatic N) is 1. The van der Waals surface area contributed by atoms with Crippen molar-refractivity contribution in [1.29, 1.82) is 0 Å². The van der Waals surface area contributed by atoms with E-state index in [9.17, 15) is 0 Å². The maximum atomic E-state index is 5.55. The normalized spacial score (nSPS) is 30.4. The molecule has 1 heterocycles. The summed E-state index contributed by atoms with van der Waals surface area (Å²) in [7, 11) is 0. The molecule has 0 radical (unpaired) electrons. The fraction of sp³-hybridized carbons (Fsp3) is 0.500. The van der Waals surface area contributed by atoms with E-state index < -0.39 is 0 Å². The van der Waals surface area contributed by atoms with Crippen molar-refractivity contribution in [2.75, 3.05) is 0 Å². The number of benzene rings is 1. The third-order valence-electron chi connectivity index (χ3n) is 4.71. The van der Waals surface area contributed by atoms with Crippen LogP contribution < -0.4 is 0 Å². The lowest BCUT2D eigenvalue weighted by Crippen LogP contribution is -2.16. The first-order chi connectivity index (χ1) is 8.72. The predicted molar refractivity (Wildman–Crippen MR) is 84.3 cm³/mol. The highest BCUT2D eigenvalue weighted by Gasteiger charge is 2.41. The molecular weight excluding hydrogens is 355 g/mol. The smallest absolute Gasteiger partial charge is 0.178 e. The molecule has 0 amide bonds. The second-order valence-corrected chi connectivity index (χ2v) is 7.34. The zero-order valence-corrected chi connectivity index (χ0v) is 13.0. The first-order valence-corrected chi connectivity index (χ1v) is 8.11. The number of aromatic amines is 1. The van der Waals surface area contributed by atoms with Gasteiger partial charge in [0, 0.05) is 9.61 Å². The second kappa shape index (κ2) is 4.07. The van der Waals surface area contributed by atoms with Crippen LogP contribution in [0.2, 0.25) is 0 Å². The lowest BCUT2D eigenvalue weighted by Gasteiger charge is -2.23. The molecule has 0 spiro atoms. The molecule has 2 nitrogen and oxygen atoms in total. The molecule has 2 aliphatic carbocycles. The molecule has 0 saturated heterocycles. The van der Waals surface area contributed by atoms with Gasteiger partial charge in [0.25, 0.3) is 0 Å². The van der Waals surface area contributed by atoms with Gasteiger partial charge in [-0.1, -0.05) is 6.42 Å². The number of aromatic nitrogens is 2. The fourth-order valence-corrected chi connectivity index (χ4v) is 4.79. The van der Waals surface area contributed by atoms with Crippen LogP contribution in [0.4, 0.5) is 0 Å². The van der Waals surface area contributed by atoms with E-state index in [0.29, 0.717) is 6.04 Å². The number of H-pyrrole nitrogens is 1. The van der Waals surface area contributed by atoms with Gasteiger partial charge in [0.05, 0.1) is 11.0 Å². The molecule has 1 aromatic heterocycles. The van der Waals surface area contributed by atoms with Crippen LogP contribution >= 0.6 is 34.8 Å². The van der Waals surface area contributed by atoms with Crippen LogP contribution in [-0.4, -0.2) is 9.55 Å². The quantitative estimate of drug-likeness (QED) is 0.572. The highest BCUT2D eigenvalue weighted by Crippen LogP contribution is 2.51. The van der Waals surface area contributed by atoms with Crippen molar-refractivity contribution >= 4 is 45.8 Å². The minimum atomic E-state index is 0.644. The largest absolute Gasteiger partial charge is 0.331 e. The average Bonchev–Trinajstić information content (AvgIpc) is 3.00. The Kier molecular flexibility index (Phi) is 2.59. The maximum absolute atomic E-state index is 5.55. The summed E-state index contributed by atoms with van der Waals surface area (Å²) in [4.78, 5) is 3.38. The monoisotopic (exact) mass is 370 g/mol. The van der Waals surface area contributed by atoms with Gasteiger partial charge in [-0.05, 0) is 84.1 Å². The lowest BCUT2D eigenvalue weighted by atomic mass is 9.95. The van der Waals surface area contributed by atoms with E-state index in [1.54, 1.807) is 0 Å². The summed E-state index contributed by atoms with van der Waals surface area (Å²) in [5.74, 6) is 1.82. The van der Waals surface area contributed by atoms with E-state index in [1.807, 2.05) is 0 Å². The SMILES string of the molecule is S=c1[nH]c2cc(I)ccc2n1C1CC2CCC1C2. The van der Waals surface area contributed by atoms with Gasteiger partial charge in [-0.2, -0.15) is 0 Å². The Hall–Kier alpha value is -0.360. The predicted octanol–water partition coefficient (Wildman–Crippen LogP) is 4.66. The Morgan fingerprint density at radius 1 is 1.28 bits per heavy atom. The molecule has 94 valence electrons. The van der Waals surface area contributed by atoms with Gasteiger partial charge >= 0.3 is 0 Å². The van der Waals surface area contributed by atoms with Crippen molar-refractivity contribution in [2.24, 2.45) is 11.8 Å². The Morgan fingerprint density at radius 3 is 2.89 bits per heavy atom. The third kappa shape index (κ3) is 1.61. The van der Waals surface area contributed by atoms with Crippen LogP contribution in [0, 0.1) is 20.2 Å². The Bertz CT molecular complexity index is 672. The van der Waals surface area contributed by atoms with Gasteiger partial charge in [-0.25, -0.2) is 0 Å². The standard InChI is InChI=1S/C14H15IN2S/c15-10-3-4-12-11(7-10)16-14(18)17(12)13-6-8-1-2-9(13)5-8/h3-4,7-9,13H,1-2,5-6H2,(H,16,18). The van der Waals surface area contributed by atoms with E-state index in [4.69, 9.17) is 12.2 Å². The van der Waals surface area contributed by atoms with Crippen LogP contribution in [0.3, 0.4) is 0 Å². The van der Waals surface area contributed by atoms with Gasteiger partial charge in [-0.3, -0.25) is 0 Å². The van der Waals surface area contributed by atoms with Crippen molar-refractivity contribution in [3.05, 3.63) is 26.5 Å². The minimum Gasteiger partial charge on any atom is -0.331 e. The van der Waals surface area contributed by atoms with Crippen LogP contribution in [0.15, 0.2) is 18.2 Å². The summed E-state index contributed by atoms with van der Waals surface area (Å²) in [5.41, 5.74) is 2.48. The molecule has 2 fully saturated rings. The number of hydrogen-bond donors (Lipinski definition) is 1. The third-order valence-corrected chi connectivity index (χ3v) is 5.68. The number of nitrogens with one attached hydrogen (secondary N) is 1. The molecule has 0 aliphatic heterocycles. The average molecular weight is 370 g/mol. The van der Waals surface area contributed by atoms with E-state index in [0.717, 1.165) is 16.6 Å². The van der Waals surface area contributed by atoms with Crippen molar-refractivity contribution < 1.29 is 0 Å². The maximum Gasteiger partial charge on any atom is 0.178 e. The van der Waals surface area contributed by atoms with E-state index in [2.05, 4.69) is 50.3 Å². The second-order valence-electron chi connectivity index (χ2n) is 5.70. The van der Waals surface area contributed by atoms with Crippen molar-refractivity contribution in [2.45, 2.75) is 31.7 Å². The van der Waals surface area contributed by atoms with Crippen LogP contribution in [0.1, 0.15) is 31.7 Å². The zero-order chi connectivity index (χ0) is 12.3. The fourth-order valence-electron chi connectivity index (χ4n) is 3.96. The van der Waals surface area contributed by atoms with Crippen LogP contribution in [0.25, 0.3) is 11.0 Å². The first-order valence-electron chi connectivity index (χ1n) is 6.62. The van der Waals surface area contributed by atoms with Crippen molar-refractivity contribution in [3.8, 4) is 0 Å². The summed E-state index contributed by atoms with van der Waals surface area (Å²) < 4.78 is 4.56. The lowest BCUT2D eigenvalue weighted by molar-refractivity contribution is 0.333. The summed E-state index contributed by atoms with van der Waals surface area (Å²) in [5, 5.41) is 0. The van der Waals surface area contributed by atoms with Gasteiger partial charge in [-0.15, -0.1) is 0 Å². The number of fused-ring (bicyclic) bond motifs is 3. The highest BCUT2D eigenvalue weighted by atomic mass is 127. The number of rotatable bonds is 1. The molecule has 1 N–H and O–H groups in total.